The topological polar surface area (TPSA) is 38.3 Å². The Morgan fingerprint density at radius 2 is 2.42 bits per heavy atom. The van der Waals surface area contributed by atoms with Crippen LogP contribution in [0.2, 0.25) is 0 Å². The molecule has 1 rings (SSSR count). The molecular weight excluding hydrogens is 174 g/mol. The number of esters is 1. The predicted molar refractivity (Wildman–Crippen MR) is 50.4 cm³/mol. The zero-order valence-corrected chi connectivity index (χ0v) is 8.14. The summed E-state index contributed by atoms with van der Waals surface area (Å²) in [5.74, 6) is -0.127. The first-order valence-corrected chi connectivity index (χ1v) is 4.83. The molecule has 0 bridgehead atoms. The quantitative estimate of drug-likeness (QED) is 0.493. The Hall–Kier alpha value is -0.220. The van der Waals surface area contributed by atoms with Crippen LogP contribution in [0.15, 0.2) is 0 Å². The van der Waals surface area contributed by atoms with E-state index in [4.69, 9.17) is 4.74 Å². The third-order valence-corrected chi connectivity index (χ3v) is 2.40. The van der Waals surface area contributed by atoms with Gasteiger partial charge < -0.3 is 10.1 Å². The minimum atomic E-state index is -0.127. The lowest BCUT2D eigenvalue weighted by molar-refractivity contribution is -0.146. The highest BCUT2D eigenvalue weighted by molar-refractivity contribution is 7.81. The molecule has 0 spiro atoms. The van der Waals surface area contributed by atoms with E-state index in [1.54, 1.807) is 0 Å². The number of nitrogens with one attached hydrogen (secondary N) is 1. The average molecular weight is 189 g/mol. The van der Waals surface area contributed by atoms with Crippen LogP contribution in [0.5, 0.6) is 0 Å². The van der Waals surface area contributed by atoms with E-state index in [1.165, 1.54) is 0 Å². The first-order valence-electron chi connectivity index (χ1n) is 4.32. The highest BCUT2D eigenvalue weighted by Crippen LogP contribution is 2.13. The van der Waals surface area contributed by atoms with Crippen molar-refractivity contribution in [3.05, 3.63) is 0 Å². The SMILES string of the molecule is CCOC(=O)[C@H]1CCC(S)CN1. The first-order chi connectivity index (χ1) is 5.74. The van der Waals surface area contributed by atoms with Gasteiger partial charge in [-0.3, -0.25) is 4.79 Å². The lowest BCUT2D eigenvalue weighted by Gasteiger charge is -2.25. The summed E-state index contributed by atoms with van der Waals surface area (Å²) in [6.07, 6.45) is 1.83. The molecule has 0 aromatic rings. The first kappa shape index (κ1) is 9.86. The molecule has 2 atom stereocenters. The zero-order chi connectivity index (χ0) is 8.97. The number of carbonyl (C=O) groups is 1. The van der Waals surface area contributed by atoms with Crippen LogP contribution < -0.4 is 5.32 Å². The van der Waals surface area contributed by atoms with E-state index < -0.39 is 0 Å². The van der Waals surface area contributed by atoms with Gasteiger partial charge in [0.05, 0.1) is 6.61 Å². The molecule has 1 heterocycles. The number of rotatable bonds is 2. The molecule has 0 radical (unpaired) electrons. The normalized spacial score (nSPS) is 29.8. The maximum Gasteiger partial charge on any atom is 0.323 e. The number of hydrogen-bond acceptors (Lipinski definition) is 4. The van der Waals surface area contributed by atoms with Crippen LogP contribution in [-0.4, -0.2) is 30.4 Å². The van der Waals surface area contributed by atoms with Gasteiger partial charge in [-0.15, -0.1) is 0 Å². The van der Waals surface area contributed by atoms with Gasteiger partial charge in [-0.25, -0.2) is 0 Å². The van der Waals surface area contributed by atoms with E-state index >= 15 is 0 Å². The van der Waals surface area contributed by atoms with E-state index in [1.807, 2.05) is 6.92 Å². The van der Waals surface area contributed by atoms with Gasteiger partial charge in [0, 0.05) is 11.8 Å². The molecule has 0 amide bonds. The van der Waals surface area contributed by atoms with Gasteiger partial charge >= 0.3 is 5.97 Å². The van der Waals surface area contributed by atoms with Crippen LogP contribution in [0.25, 0.3) is 0 Å². The van der Waals surface area contributed by atoms with Crippen LogP contribution in [0, 0.1) is 0 Å². The Balaban J connectivity index is 2.29. The Bertz CT molecular complexity index is 155. The van der Waals surface area contributed by atoms with Gasteiger partial charge in [-0.1, -0.05) is 0 Å². The molecule has 1 saturated heterocycles. The van der Waals surface area contributed by atoms with Crippen molar-refractivity contribution in [2.24, 2.45) is 0 Å². The molecule has 1 aliphatic heterocycles. The highest BCUT2D eigenvalue weighted by Gasteiger charge is 2.24. The Morgan fingerprint density at radius 3 is 2.92 bits per heavy atom. The maximum absolute atomic E-state index is 11.2. The van der Waals surface area contributed by atoms with Crippen molar-refractivity contribution in [3.8, 4) is 0 Å². The number of carbonyl (C=O) groups excluding carboxylic acids is 1. The third-order valence-electron chi connectivity index (χ3n) is 1.96. The summed E-state index contributed by atoms with van der Waals surface area (Å²) in [5, 5.41) is 3.49. The molecule has 0 aromatic heterocycles. The maximum atomic E-state index is 11.2. The summed E-state index contributed by atoms with van der Waals surface area (Å²) in [7, 11) is 0. The standard InChI is InChI=1S/C8H15NO2S/c1-2-11-8(10)7-4-3-6(12)5-9-7/h6-7,9,12H,2-5H2,1H3/t6?,7-/m1/s1. The van der Waals surface area contributed by atoms with Crippen LogP contribution >= 0.6 is 12.6 Å². The van der Waals surface area contributed by atoms with Gasteiger partial charge in [-0.2, -0.15) is 12.6 Å². The largest absolute Gasteiger partial charge is 0.465 e. The molecule has 3 nitrogen and oxygen atoms in total. The van der Waals surface area contributed by atoms with Crippen LogP contribution in [0.3, 0.4) is 0 Å². The van der Waals surface area contributed by atoms with E-state index in [0.29, 0.717) is 11.9 Å². The Kier molecular flexibility index (Phi) is 3.88. The summed E-state index contributed by atoms with van der Waals surface area (Å²) in [6.45, 7) is 3.08. The van der Waals surface area contributed by atoms with Gasteiger partial charge in [-0.05, 0) is 19.8 Å². The molecule has 0 saturated carbocycles. The predicted octanol–water partition coefficient (Wildman–Crippen LogP) is 0.600. The monoisotopic (exact) mass is 189 g/mol. The van der Waals surface area contributed by atoms with Crippen molar-refractivity contribution >= 4 is 18.6 Å². The second-order valence-electron chi connectivity index (χ2n) is 2.94. The van der Waals surface area contributed by atoms with E-state index in [0.717, 1.165) is 19.4 Å². The molecule has 0 aromatic carbocycles. The van der Waals surface area contributed by atoms with Gasteiger partial charge in [0.2, 0.25) is 0 Å². The van der Waals surface area contributed by atoms with Crippen LogP contribution in [-0.2, 0) is 9.53 Å². The molecule has 1 fully saturated rings. The lowest BCUT2D eigenvalue weighted by atomic mass is 10.1. The van der Waals surface area contributed by atoms with Crippen molar-refractivity contribution in [2.45, 2.75) is 31.1 Å². The van der Waals surface area contributed by atoms with Crippen LogP contribution in [0.4, 0.5) is 0 Å². The molecular formula is C8H15NO2S. The smallest absolute Gasteiger partial charge is 0.323 e. The fraction of sp³-hybridized carbons (Fsp3) is 0.875. The average Bonchev–Trinajstić information content (AvgIpc) is 2.06. The summed E-state index contributed by atoms with van der Waals surface area (Å²) < 4.78 is 4.89. The fourth-order valence-electron chi connectivity index (χ4n) is 1.29. The number of thiol groups is 1. The Labute approximate surface area is 78.3 Å². The van der Waals surface area contributed by atoms with Gasteiger partial charge in [0.15, 0.2) is 0 Å². The van der Waals surface area contributed by atoms with Gasteiger partial charge in [0.1, 0.15) is 6.04 Å². The summed E-state index contributed by atoms with van der Waals surface area (Å²) in [5.41, 5.74) is 0. The molecule has 4 heteroatoms. The summed E-state index contributed by atoms with van der Waals surface area (Å²) in [4.78, 5) is 11.2. The third kappa shape index (κ3) is 2.68. The fourth-order valence-corrected chi connectivity index (χ4v) is 1.54. The van der Waals surface area contributed by atoms with Gasteiger partial charge in [0.25, 0.3) is 0 Å². The Morgan fingerprint density at radius 1 is 1.67 bits per heavy atom. The highest BCUT2D eigenvalue weighted by atomic mass is 32.1. The number of ether oxygens (including phenoxy) is 1. The van der Waals surface area contributed by atoms with Crippen LogP contribution in [0.1, 0.15) is 19.8 Å². The summed E-state index contributed by atoms with van der Waals surface area (Å²) in [6, 6.07) is -0.103. The molecule has 0 aliphatic carbocycles. The van der Waals surface area contributed by atoms with E-state index in [-0.39, 0.29) is 12.0 Å². The minimum absolute atomic E-state index is 0.103. The summed E-state index contributed by atoms with van der Waals surface area (Å²) >= 11 is 4.31. The number of piperidine rings is 1. The van der Waals surface area contributed by atoms with E-state index in [2.05, 4.69) is 17.9 Å². The number of hydrogen-bond donors (Lipinski definition) is 2. The minimum Gasteiger partial charge on any atom is -0.465 e. The second kappa shape index (κ2) is 4.72. The van der Waals surface area contributed by atoms with Crippen molar-refractivity contribution in [1.29, 1.82) is 0 Å². The molecule has 70 valence electrons. The second-order valence-corrected chi connectivity index (χ2v) is 3.67. The van der Waals surface area contributed by atoms with Crippen molar-refractivity contribution in [2.75, 3.05) is 13.2 Å². The van der Waals surface area contributed by atoms with Crippen molar-refractivity contribution < 1.29 is 9.53 Å². The molecule has 1 unspecified atom stereocenters. The molecule has 12 heavy (non-hydrogen) atoms. The van der Waals surface area contributed by atoms with Crippen molar-refractivity contribution in [3.63, 3.8) is 0 Å². The van der Waals surface area contributed by atoms with Crippen molar-refractivity contribution in [1.82, 2.24) is 5.32 Å². The van der Waals surface area contributed by atoms with E-state index in [9.17, 15) is 4.79 Å². The molecule has 1 aliphatic rings. The zero-order valence-electron chi connectivity index (χ0n) is 7.25. The lowest BCUT2D eigenvalue weighted by Crippen LogP contribution is -2.45. The molecule has 1 N–H and O–H groups in total.